The van der Waals surface area contributed by atoms with E-state index in [0.717, 1.165) is 16.8 Å². The average molecular weight is 262 g/mol. The van der Waals surface area contributed by atoms with Gasteiger partial charge in [0.05, 0.1) is 27.2 Å². The van der Waals surface area contributed by atoms with E-state index in [1.54, 1.807) is 30.3 Å². The molecule has 1 aromatic carbocycles. The van der Waals surface area contributed by atoms with Gasteiger partial charge in [0.2, 0.25) is 5.91 Å². The van der Waals surface area contributed by atoms with Crippen LogP contribution in [0.2, 0.25) is 0 Å². The molecule has 0 saturated carbocycles. The number of anilines is 1. The molecular formula is C14H20N3O2+. The maximum absolute atomic E-state index is 11.2. The third-order valence-corrected chi connectivity index (χ3v) is 2.41. The molecule has 0 fully saturated rings. The molecule has 1 N–H and O–H groups in total. The molecule has 102 valence electrons. The summed E-state index contributed by atoms with van der Waals surface area (Å²) in [5.41, 5.74) is 0.666. The second-order valence-electron chi connectivity index (χ2n) is 5.27. The minimum Gasteiger partial charge on any atom is -0.488 e. The van der Waals surface area contributed by atoms with E-state index in [0.29, 0.717) is 12.3 Å². The first kappa shape index (κ1) is 15.0. The molecule has 5 heteroatoms. The van der Waals surface area contributed by atoms with Gasteiger partial charge in [0, 0.05) is 5.69 Å². The van der Waals surface area contributed by atoms with E-state index >= 15 is 0 Å². The van der Waals surface area contributed by atoms with Gasteiger partial charge >= 0.3 is 0 Å². The second kappa shape index (κ2) is 6.76. The van der Waals surface area contributed by atoms with Gasteiger partial charge in [-0.1, -0.05) is 0 Å². The Bertz CT molecular complexity index is 455. The second-order valence-corrected chi connectivity index (χ2v) is 5.27. The first-order chi connectivity index (χ1) is 8.90. The first-order valence-corrected chi connectivity index (χ1v) is 6.11. The monoisotopic (exact) mass is 262 g/mol. The number of likely N-dealkylation sites (N-methyl/N-ethyl adjacent to an activating group) is 1. The molecule has 0 saturated heterocycles. The predicted octanol–water partition coefficient (Wildman–Crippen LogP) is 1.62. The Morgan fingerprint density at radius 1 is 1.32 bits per heavy atom. The number of hydrogen-bond acceptors (Lipinski definition) is 3. The minimum absolute atomic E-state index is 0.137. The first-order valence-electron chi connectivity index (χ1n) is 6.11. The molecule has 1 amide bonds. The number of carbonyl (C=O) groups excluding carboxylic acids is 1. The van der Waals surface area contributed by atoms with E-state index < -0.39 is 0 Å². The molecule has 0 unspecified atom stereocenters. The summed E-state index contributed by atoms with van der Waals surface area (Å²) in [5, 5.41) is 11.0. The largest absolute Gasteiger partial charge is 0.488 e. The lowest BCUT2D eigenvalue weighted by Crippen LogP contribution is -2.38. The summed E-state index contributed by atoms with van der Waals surface area (Å²) in [6.45, 7) is 1.56. The Morgan fingerprint density at radius 2 is 1.95 bits per heavy atom. The van der Waals surface area contributed by atoms with Crippen LogP contribution < -0.4 is 10.1 Å². The fourth-order valence-corrected chi connectivity index (χ4v) is 1.35. The third kappa shape index (κ3) is 6.43. The number of ether oxygens (including phenoxy) is 1. The number of nitriles is 1. The lowest BCUT2D eigenvalue weighted by atomic mass is 10.3. The van der Waals surface area contributed by atoms with Crippen molar-refractivity contribution < 1.29 is 14.0 Å². The number of hydrogen-bond donors (Lipinski definition) is 1. The van der Waals surface area contributed by atoms with E-state index in [4.69, 9.17) is 10.00 Å². The standard InChI is InChI=1S/C14H19N3O2/c1-17(2,3)10-11-19-13-6-4-12(5-7-13)16-14(18)8-9-15/h4-7H,8,10-11H2,1-3H3/p+1. The van der Waals surface area contributed by atoms with Crippen LogP contribution in [0.1, 0.15) is 6.42 Å². The molecule has 0 bridgehead atoms. The van der Waals surface area contributed by atoms with E-state index in [1.807, 2.05) is 0 Å². The maximum Gasteiger partial charge on any atom is 0.238 e. The summed E-state index contributed by atoms with van der Waals surface area (Å²) < 4.78 is 6.46. The molecule has 0 spiro atoms. The SMILES string of the molecule is C[N+](C)(C)CCOc1ccc(NC(=O)CC#N)cc1. The summed E-state index contributed by atoms with van der Waals surface area (Å²) in [6.07, 6.45) is -0.137. The van der Waals surface area contributed by atoms with Crippen molar-refractivity contribution in [1.29, 1.82) is 5.26 Å². The molecule has 0 aromatic heterocycles. The van der Waals surface area contributed by atoms with Crippen LogP contribution in [0.25, 0.3) is 0 Å². The van der Waals surface area contributed by atoms with Crippen molar-refractivity contribution in [2.75, 3.05) is 39.6 Å². The van der Waals surface area contributed by atoms with Crippen LogP contribution in [0.15, 0.2) is 24.3 Å². The number of quaternary nitrogens is 1. The molecule has 0 radical (unpaired) electrons. The van der Waals surface area contributed by atoms with Crippen LogP contribution >= 0.6 is 0 Å². The highest BCUT2D eigenvalue weighted by Crippen LogP contribution is 2.15. The molecule has 0 aliphatic carbocycles. The van der Waals surface area contributed by atoms with Crippen LogP contribution in [0.3, 0.4) is 0 Å². The third-order valence-electron chi connectivity index (χ3n) is 2.41. The highest BCUT2D eigenvalue weighted by atomic mass is 16.5. The van der Waals surface area contributed by atoms with Crippen molar-refractivity contribution in [1.82, 2.24) is 0 Å². The van der Waals surface area contributed by atoms with Gasteiger partial charge in [-0.05, 0) is 24.3 Å². The number of nitrogens with one attached hydrogen (secondary N) is 1. The quantitative estimate of drug-likeness (QED) is 0.792. The topological polar surface area (TPSA) is 62.1 Å². The lowest BCUT2D eigenvalue weighted by molar-refractivity contribution is -0.870. The van der Waals surface area contributed by atoms with Crippen molar-refractivity contribution in [3.8, 4) is 11.8 Å². The van der Waals surface area contributed by atoms with Crippen molar-refractivity contribution in [2.24, 2.45) is 0 Å². The highest BCUT2D eigenvalue weighted by Gasteiger charge is 2.06. The molecule has 0 heterocycles. The fraction of sp³-hybridized carbons (Fsp3) is 0.429. The van der Waals surface area contributed by atoms with Crippen molar-refractivity contribution in [2.45, 2.75) is 6.42 Å². The zero-order chi connectivity index (χ0) is 14.3. The molecule has 0 aliphatic rings. The van der Waals surface area contributed by atoms with E-state index in [1.165, 1.54) is 0 Å². The van der Waals surface area contributed by atoms with Crippen molar-refractivity contribution in [3.63, 3.8) is 0 Å². The zero-order valence-electron chi connectivity index (χ0n) is 11.6. The summed E-state index contributed by atoms with van der Waals surface area (Å²) in [4.78, 5) is 11.2. The molecule has 0 atom stereocenters. The van der Waals surface area contributed by atoms with Gasteiger partial charge in [0.25, 0.3) is 0 Å². The summed E-state index contributed by atoms with van der Waals surface area (Å²) >= 11 is 0. The van der Waals surface area contributed by atoms with Gasteiger partial charge in [0.1, 0.15) is 25.3 Å². The Balaban J connectivity index is 2.44. The maximum atomic E-state index is 11.2. The molecular weight excluding hydrogens is 242 g/mol. The van der Waals surface area contributed by atoms with Crippen molar-refractivity contribution in [3.05, 3.63) is 24.3 Å². The molecule has 0 aliphatic heterocycles. The predicted molar refractivity (Wildman–Crippen MR) is 73.7 cm³/mol. The number of nitrogens with zero attached hydrogens (tertiary/aromatic N) is 2. The van der Waals surface area contributed by atoms with E-state index in [-0.39, 0.29) is 12.3 Å². The number of amides is 1. The summed E-state index contributed by atoms with van der Waals surface area (Å²) in [6, 6.07) is 8.93. The van der Waals surface area contributed by atoms with Crippen molar-refractivity contribution >= 4 is 11.6 Å². The Kier molecular flexibility index (Phi) is 5.34. The van der Waals surface area contributed by atoms with Gasteiger partial charge < -0.3 is 14.5 Å². The van der Waals surface area contributed by atoms with E-state index in [2.05, 4.69) is 26.5 Å². The van der Waals surface area contributed by atoms with Gasteiger partial charge in [-0.3, -0.25) is 4.79 Å². The molecule has 5 nitrogen and oxygen atoms in total. The van der Waals surface area contributed by atoms with Crippen LogP contribution in [-0.4, -0.2) is 44.7 Å². The van der Waals surface area contributed by atoms with Gasteiger partial charge in [-0.15, -0.1) is 0 Å². The summed E-state index contributed by atoms with van der Waals surface area (Å²) in [7, 11) is 6.32. The van der Waals surface area contributed by atoms with Crippen LogP contribution in [0.4, 0.5) is 5.69 Å². The van der Waals surface area contributed by atoms with E-state index in [9.17, 15) is 4.79 Å². The Labute approximate surface area is 114 Å². The lowest BCUT2D eigenvalue weighted by Gasteiger charge is -2.23. The fourth-order valence-electron chi connectivity index (χ4n) is 1.35. The Morgan fingerprint density at radius 3 is 2.47 bits per heavy atom. The number of benzene rings is 1. The molecule has 19 heavy (non-hydrogen) atoms. The molecule has 1 aromatic rings. The van der Waals surface area contributed by atoms with Crippen LogP contribution in [0, 0.1) is 11.3 Å². The van der Waals surface area contributed by atoms with Gasteiger partial charge in [-0.25, -0.2) is 0 Å². The average Bonchev–Trinajstić information content (AvgIpc) is 2.30. The summed E-state index contributed by atoms with van der Waals surface area (Å²) in [5.74, 6) is 0.466. The highest BCUT2D eigenvalue weighted by molar-refractivity contribution is 5.92. The number of carbonyl (C=O) groups is 1. The zero-order valence-corrected chi connectivity index (χ0v) is 11.6. The Hall–Kier alpha value is -2.06. The number of rotatable bonds is 6. The van der Waals surface area contributed by atoms with Gasteiger partial charge in [0.15, 0.2) is 0 Å². The van der Waals surface area contributed by atoms with Gasteiger partial charge in [-0.2, -0.15) is 5.26 Å². The molecule has 1 rings (SSSR count). The minimum atomic E-state index is -0.304. The van der Waals surface area contributed by atoms with Crippen LogP contribution in [-0.2, 0) is 4.79 Å². The smallest absolute Gasteiger partial charge is 0.238 e. The normalized spacial score (nSPS) is 10.6. The van der Waals surface area contributed by atoms with Crippen LogP contribution in [0.5, 0.6) is 5.75 Å².